The van der Waals surface area contributed by atoms with E-state index in [-0.39, 0.29) is 36.6 Å². The van der Waals surface area contributed by atoms with Crippen molar-refractivity contribution in [2.75, 3.05) is 0 Å². The first-order valence-electron chi connectivity index (χ1n) is 9.59. The lowest BCUT2D eigenvalue weighted by atomic mass is 10.1. The number of carbonyl (C=O) groups is 3. The minimum Gasteiger partial charge on any atom is -0.348 e. The maximum atomic E-state index is 12.9. The van der Waals surface area contributed by atoms with Gasteiger partial charge in [-0.1, -0.05) is 28.9 Å². The number of hydrogen-bond acceptors (Lipinski definition) is 6. The Kier molecular flexibility index (Phi) is 5.51. The van der Waals surface area contributed by atoms with Crippen LogP contribution in [0.3, 0.4) is 0 Å². The third-order valence-corrected chi connectivity index (χ3v) is 5.55. The molecule has 1 aliphatic heterocycles. The summed E-state index contributed by atoms with van der Waals surface area (Å²) in [5, 5.41) is 13.7. The summed E-state index contributed by atoms with van der Waals surface area (Å²) in [5.41, 5.74) is 1.87. The van der Waals surface area contributed by atoms with Crippen molar-refractivity contribution in [3.05, 3.63) is 68.5 Å². The normalized spacial score (nSPS) is 16.3. The quantitative estimate of drug-likeness (QED) is 0.596. The number of aromatic nitrogens is 3. The maximum absolute atomic E-state index is 12.9. The zero-order valence-electron chi connectivity index (χ0n) is 16.5. The monoisotopic (exact) mass is 439 g/mol. The van der Waals surface area contributed by atoms with Crippen molar-refractivity contribution in [3.8, 4) is 0 Å². The van der Waals surface area contributed by atoms with Crippen LogP contribution >= 0.6 is 11.6 Å². The minimum atomic E-state index is -0.892. The number of amides is 3. The van der Waals surface area contributed by atoms with Crippen LogP contribution in [-0.4, -0.2) is 32.7 Å². The van der Waals surface area contributed by atoms with Gasteiger partial charge in [0.05, 0.1) is 5.39 Å². The Hall–Kier alpha value is -3.59. The fraction of sp³-hybridized carbons (Fsp3) is 0.238. The van der Waals surface area contributed by atoms with E-state index in [2.05, 4.69) is 20.9 Å². The Bertz CT molecular complexity index is 1290. The standard InChI is InChI=1S/C21H18ClN5O4/c1-11-2-4-13(9-15(11)22)19(29)23-10-12-3-5-16-14(8-12)21(31)27(26-25-16)17-6-7-18(28)24-20(17)30/h2-5,8-9,17H,6-7,10H2,1H3,(H,23,29)(H,24,28,30). The number of benzene rings is 2. The van der Waals surface area contributed by atoms with E-state index in [1.165, 1.54) is 0 Å². The number of aryl methyl sites for hydroxylation is 1. The Morgan fingerprint density at radius 1 is 1.23 bits per heavy atom. The third kappa shape index (κ3) is 4.17. The molecule has 1 atom stereocenters. The van der Waals surface area contributed by atoms with Gasteiger partial charge in [-0.3, -0.25) is 24.5 Å². The number of imide groups is 1. The zero-order valence-corrected chi connectivity index (χ0v) is 17.3. The molecule has 0 spiro atoms. The first-order chi connectivity index (χ1) is 14.8. The SMILES string of the molecule is Cc1ccc(C(=O)NCc2ccc3nnn(C4CCC(=O)NC4=O)c(=O)c3c2)cc1Cl. The molecule has 3 aromatic rings. The van der Waals surface area contributed by atoms with E-state index in [0.717, 1.165) is 10.2 Å². The van der Waals surface area contributed by atoms with Gasteiger partial charge in [-0.15, -0.1) is 5.10 Å². The van der Waals surface area contributed by atoms with Crippen LogP contribution in [0.5, 0.6) is 0 Å². The van der Waals surface area contributed by atoms with Crippen LogP contribution in [0.25, 0.3) is 10.9 Å². The van der Waals surface area contributed by atoms with Crippen molar-refractivity contribution in [2.24, 2.45) is 0 Å². The minimum absolute atomic E-state index is 0.123. The molecular formula is C21H18ClN5O4. The average Bonchev–Trinajstić information content (AvgIpc) is 2.75. The van der Waals surface area contributed by atoms with Crippen molar-refractivity contribution < 1.29 is 14.4 Å². The number of nitrogens with zero attached hydrogens (tertiary/aromatic N) is 3. The molecule has 1 aliphatic rings. The summed E-state index contributed by atoms with van der Waals surface area (Å²) in [6, 6.07) is 9.13. The molecule has 2 aromatic carbocycles. The Morgan fingerprint density at radius 3 is 2.77 bits per heavy atom. The lowest BCUT2D eigenvalue weighted by Gasteiger charge is -2.21. The van der Waals surface area contributed by atoms with E-state index in [1.807, 2.05) is 6.92 Å². The third-order valence-electron chi connectivity index (χ3n) is 5.14. The molecule has 2 heterocycles. The highest BCUT2D eigenvalue weighted by atomic mass is 35.5. The number of hydrogen-bond donors (Lipinski definition) is 2. The second kappa shape index (κ2) is 8.27. The van der Waals surface area contributed by atoms with Gasteiger partial charge in [-0.25, -0.2) is 0 Å². The summed E-state index contributed by atoms with van der Waals surface area (Å²) in [7, 11) is 0. The smallest absolute Gasteiger partial charge is 0.278 e. The molecule has 1 aromatic heterocycles. The van der Waals surface area contributed by atoms with Gasteiger partial charge >= 0.3 is 0 Å². The van der Waals surface area contributed by atoms with Gasteiger partial charge in [0, 0.05) is 23.6 Å². The predicted molar refractivity (Wildman–Crippen MR) is 113 cm³/mol. The van der Waals surface area contributed by atoms with Crippen LogP contribution in [0.2, 0.25) is 5.02 Å². The molecule has 0 bridgehead atoms. The van der Waals surface area contributed by atoms with Gasteiger partial charge < -0.3 is 5.32 Å². The number of piperidine rings is 1. The van der Waals surface area contributed by atoms with E-state index in [0.29, 0.717) is 21.7 Å². The fourth-order valence-corrected chi connectivity index (χ4v) is 3.53. The maximum Gasteiger partial charge on any atom is 0.278 e. The first kappa shape index (κ1) is 20.7. The molecule has 10 heteroatoms. The van der Waals surface area contributed by atoms with Crippen LogP contribution in [0.1, 0.15) is 40.4 Å². The van der Waals surface area contributed by atoms with Crippen LogP contribution < -0.4 is 16.2 Å². The summed E-state index contributed by atoms with van der Waals surface area (Å²) in [6.07, 6.45) is 0.303. The van der Waals surface area contributed by atoms with Crippen molar-refractivity contribution >= 4 is 40.2 Å². The molecule has 0 aliphatic carbocycles. The lowest BCUT2D eigenvalue weighted by Crippen LogP contribution is -2.45. The molecule has 158 valence electrons. The molecule has 9 nitrogen and oxygen atoms in total. The van der Waals surface area contributed by atoms with E-state index in [4.69, 9.17) is 11.6 Å². The highest BCUT2D eigenvalue weighted by Crippen LogP contribution is 2.18. The Morgan fingerprint density at radius 2 is 2.03 bits per heavy atom. The molecule has 1 unspecified atom stereocenters. The number of rotatable bonds is 4. The summed E-state index contributed by atoms with van der Waals surface area (Å²) >= 11 is 6.08. The van der Waals surface area contributed by atoms with Crippen molar-refractivity contribution in [3.63, 3.8) is 0 Å². The van der Waals surface area contributed by atoms with Crippen LogP contribution in [0.4, 0.5) is 0 Å². The van der Waals surface area contributed by atoms with E-state index < -0.39 is 17.5 Å². The summed E-state index contributed by atoms with van der Waals surface area (Å²) in [4.78, 5) is 48.8. The Labute approximate surface area is 181 Å². The first-order valence-corrected chi connectivity index (χ1v) is 9.97. The van der Waals surface area contributed by atoms with E-state index in [9.17, 15) is 19.2 Å². The van der Waals surface area contributed by atoms with Gasteiger partial charge in [0.25, 0.3) is 17.4 Å². The molecule has 3 amide bonds. The number of fused-ring (bicyclic) bond motifs is 1. The second-order valence-corrected chi connectivity index (χ2v) is 7.71. The van der Waals surface area contributed by atoms with Crippen LogP contribution in [0, 0.1) is 6.92 Å². The number of halogens is 1. The van der Waals surface area contributed by atoms with E-state index in [1.54, 1.807) is 36.4 Å². The van der Waals surface area contributed by atoms with Gasteiger partial charge in [0.2, 0.25) is 5.91 Å². The van der Waals surface area contributed by atoms with Crippen LogP contribution in [0.15, 0.2) is 41.2 Å². The number of nitrogens with one attached hydrogen (secondary N) is 2. The average molecular weight is 440 g/mol. The molecule has 0 radical (unpaired) electrons. The molecular weight excluding hydrogens is 422 g/mol. The van der Waals surface area contributed by atoms with Gasteiger partial charge in [-0.2, -0.15) is 4.68 Å². The van der Waals surface area contributed by atoms with Crippen molar-refractivity contribution in [2.45, 2.75) is 32.4 Å². The lowest BCUT2D eigenvalue weighted by molar-refractivity contribution is -0.136. The zero-order chi connectivity index (χ0) is 22.1. The summed E-state index contributed by atoms with van der Waals surface area (Å²) in [6.45, 7) is 2.03. The largest absolute Gasteiger partial charge is 0.348 e. The highest BCUT2D eigenvalue weighted by Gasteiger charge is 2.30. The topological polar surface area (TPSA) is 123 Å². The number of carbonyl (C=O) groups excluding carboxylic acids is 3. The van der Waals surface area contributed by atoms with Crippen molar-refractivity contribution in [1.29, 1.82) is 0 Å². The molecule has 4 rings (SSSR count). The van der Waals surface area contributed by atoms with Crippen LogP contribution in [-0.2, 0) is 16.1 Å². The van der Waals surface area contributed by atoms with E-state index >= 15 is 0 Å². The summed E-state index contributed by atoms with van der Waals surface area (Å²) in [5.74, 6) is -1.25. The fourth-order valence-electron chi connectivity index (χ4n) is 3.35. The molecule has 2 N–H and O–H groups in total. The highest BCUT2D eigenvalue weighted by molar-refractivity contribution is 6.31. The second-order valence-electron chi connectivity index (χ2n) is 7.30. The molecule has 1 saturated heterocycles. The predicted octanol–water partition coefficient (Wildman–Crippen LogP) is 1.66. The van der Waals surface area contributed by atoms with Gasteiger partial charge in [0.15, 0.2) is 0 Å². The van der Waals surface area contributed by atoms with Gasteiger partial charge in [0.1, 0.15) is 11.6 Å². The molecule has 31 heavy (non-hydrogen) atoms. The molecule has 0 saturated carbocycles. The van der Waals surface area contributed by atoms with Gasteiger partial charge in [-0.05, 0) is 48.7 Å². The molecule has 1 fully saturated rings. The summed E-state index contributed by atoms with van der Waals surface area (Å²) < 4.78 is 1.00. The van der Waals surface area contributed by atoms with Crippen molar-refractivity contribution in [1.82, 2.24) is 25.6 Å². The Balaban J connectivity index is 1.57.